The zero-order valence-corrected chi connectivity index (χ0v) is 14.1. The average Bonchev–Trinajstić information content (AvgIpc) is 3.07. The topological polar surface area (TPSA) is 79.6 Å². The molecular formula is C16H13F3N2O4S. The van der Waals surface area contributed by atoms with Gasteiger partial charge in [0.25, 0.3) is 10.0 Å². The number of allylic oxidation sites excluding steroid dienone is 1. The largest absolute Gasteiger partial charge is 0.467 e. The van der Waals surface area contributed by atoms with Crippen molar-refractivity contribution in [2.45, 2.75) is 24.0 Å². The number of halogens is 3. The van der Waals surface area contributed by atoms with E-state index in [-0.39, 0.29) is 10.7 Å². The summed E-state index contributed by atoms with van der Waals surface area (Å²) in [5.74, 6) is -0.114. The Morgan fingerprint density at radius 2 is 1.81 bits per heavy atom. The van der Waals surface area contributed by atoms with Crippen LogP contribution in [0, 0.1) is 6.92 Å². The van der Waals surface area contributed by atoms with Gasteiger partial charge in [0, 0.05) is 0 Å². The fourth-order valence-corrected chi connectivity index (χ4v) is 3.90. The molecule has 1 aliphatic rings. The number of sulfonamides is 1. The van der Waals surface area contributed by atoms with Crippen LogP contribution >= 0.6 is 0 Å². The number of alkyl halides is 3. The van der Waals surface area contributed by atoms with Gasteiger partial charge in [-0.1, -0.05) is 17.7 Å². The Labute approximate surface area is 147 Å². The van der Waals surface area contributed by atoms with E-state index in [1.165, 1.54) is 42.7 Å². The predicted molar refractivity (Wildman–Crippen MR) is 84.3 cm³/mol. The van der Waals surface area contributed by atoms with Crippen molar-refractivity contribution in [1.82, 2.24) is 9.62 Å². The summed E-state index contributed by atoms with van der Waals surface area (Å²) >= 11 is 0. The van der Waals surface area contributed by atoms with Crippen LogP contribution in [0.15, 0.2) is 63.7 Å². The number of carbonyl (C=O) groups is 1. The SMILES string of the molecule is Cc1ccc(S(=O)(=O)N2C(=O)NC(C(F)(F)F)=CC2c2ccco2)cc1. The molecule has 6 nitrogen and oxygen atoms in total. The first-order valence-electron chi connectivity index (χ1n) is 7.35. The Bertz CT molecular complexity index is 948. The van der Waals surface area contributed by atoms with Crippen LogP contribution in [0.1, 0.15) is 17.4 Å². The maximum atomic E-state index is 13.0. The molecule has 0 fully saturated rings. The maximum absolute atomic E-state index is 13.0. The van der Waals surface area contributed by atoms with Crippen molar-refractivity contribution < 1.29 is 30.8 Å². The van der Waals surface area contributed by atoms with E-state index < -0.39 is 34.0 Å². The number of hydrogen-bond acceptors (Lipinski definition) is 4. The van der Waals surface area contributed by atoms with E-state index >= 15 is 0 Å². The summed E-state index contributed by atoms with van der Waals surface area (Å²) in [4.78, 5) is 12.1. The zero-order chi connectivity index (χ0) is 19.1. The van der Waals surface area contributed by atoms with Crippen LogP contribution < -0.4 is 5.32 Å². The molecule has 3 rings (SSSR count). The van der Waals surface area contributed by atoms with Gasteiger partial charge in [-0.15, -0.1) is 0 Å². The predicted octanol–water partition coefficient (Wildman–Crippen LogP) is 3.49. The number of nitrogens with zero attached hydrogens (tertiary/aromatic N) is 1. The van der Waals surface area contributed by atoms with Crippen LogP contribution in [0.5, 0.6) is 0 Å². The molecule has 0 saturated heterocycles. The Balaban J connectivity index is 2.14. The highest BCUT2D eigenvalue weighted by atomic mass is 32.2. The fraction of sp³-hybridized carbons (Fsp3) is 0.188. The van der Waals surface area contributed by atoms with Crippen molar-refractivity contribution in [3.63, 3.8) is 0 Å². The van der Waals surface area contributed by atoms with Crippen LogP contribution in [0.3, 0.4) is 0 Å². The molecule has 1 atom stereocenters. The molecular weight excluding hydrogens is 373 g/mol. The third-order valence-corrected chi connectivity index (χ3v) is 5.52. The second-order valence-corrected chi connectivity index (χ2v) is 7.40. The van der Waals surface area contributed by atoms with Gasteiger partial charge in [-0.25, -0.2) is 17.5 Å². The van der Waals surface area contributed by atoms with Crippen molar-refractivity contribution in [3.8, 4) is 0 Å². The molecule has 0 radical (unpaired) electrons. The number of hydrogen-bond donors (Lipinski definition) is 1. The Morgan fingerprint density at radius 1 is 1.15 bits per heavy atom. The molecule has 0 saturated carbocycles. The summed E-state index contributed by atoms with van der Waals surface area (Å²) in [6.45, 7) is 1.74. The minimum absolute atomic E-state index is 0.114. The molecule has 1 aliphatic heterocycles. The van der Waals surface area contributed by atoms with Crippen LogP contribution in [0.4, 0.5) is 18.0 Å². The normalized spacial score (nSPS) is 18.5. The monoisotopic (exact) mass is 386 g/mol. The highest BCUT2D eigenvalue weighted by Gasteiger charge is 2.46. The fourth-order valence-electron chi connectivity index (χ4n) is 2.47. The van der Waals surface area contributed by atoms with Crippen molar-refractivity contribution in [2.75, 3.05) is 0 Å². The second-order valence-electron chi connectivity index (χ2n) is 5.58. The van der Waals surface area contributed by atoms with Gasteiger partial charge in [-0.3, -0.25) is 0 Å². The number of nitrogens with one attached hydrogen (secondary N) is 1. The number of aryl methyl sites for hydroxylation is 1. The minimum atomic E-state index is -4.85. The summed E-state index contributed by atoms with van der Waals surface area (Å²) in [5, 5.41) is 1.59. The molecule has 1 aromatic carbocycles. The number of rotatable bonds is 3. The molecule has 2 aromatic rings. The third kappa shape index (κ3) is 3.19. The molecule has 1 unspecified atom stereocenters. The van der Waals surface area contributed by atoms with Gasteiger partial charge < -0.3 is 9.73 Å². The molecule has 1 aromatic heterocycles. The molecule has 2 amide bonds. The van der Waals surface area contributed by atoms with E-state index in [0.29, 0.717) is 10.4 Å². The van der Waals surface area contributed by atoms with E-state index in [1.807, 2.05) is 0 Å². The summed E-state index contributed by atoms with van der Waals surface area (Å²) < 4.78 is 70.3. The highest BCUT2D eigenvalue weighted by Crippen LogP contribution is 2.36. The van der Waals surface area contributed by atoms with Crippen LogP contribution in [-0.4, -0.2) is 24.9 Å². The Hall–Kier alpha value is -2.75. The van der Waals surface area contributed by atoms with Crippen LogP contribution in [-0.2, 0) is 10.0 Å². The Kier molecular flexibility index (Phi) is 4.31. The highest BCUT2D eigenvalue weighted by molar-refractivity contribution is 7.89. The molecule has 1 N–H and O–H groups in total. The molecule has 26 heavy (non-hydrogen) atoms. The van der Waals surface area contributed by atoms with E-state index in [1.54, 1.807) is 12.2 Å². The summed E-state index contributed by atoms with van der Waals surface area (Å²) in [7, 11) is -4.42. The van der Waals surface area contributed by atoms with Crippen LogP contribution in [0.2, 0.25) is 0 Å². The molecule has 0 spiro atoms. The minimum Gasteiger partial charge on any atom is -0.467 e. The molecule has 138 valence electrons. The van der Waals surface area contributed by atoms with Gasteiger partial charge in [-0.2, -0.15) is 13.2 Å². The van der Waals surface area contributed by atoms with Crippen molar-refractivity contribution >= 4 is 16.1 Å². The lowest BCUT2D eigenvalue weighted by atomic mass is 10.1. The van der Waals surface area contributed by atoms with E-state index in [0.717, 1.165) is 5.56 Å². The van der Waals surface area contributed by atoms with Gasteiger partial charge in [0.2, 0.25) is 0 Å². The molecule has 0 aliphatic carbocycles. The van der Waals surface area contributed by atoms with E-state index in [9.17, 15) is 26.4 Å². The molecule has 10 heteroatoms. The first kappa shape index (κ1) is 18.1. The Morgan fingerprint density at radius 3 is 2.35 bits per heavy atom. The van der Waals surface area contributed by atoms with Gasteiger partial charge in [0.05, 0.1) is 11.2 Å². The lowest BCUT2D eigenvalue weighted by Gasteiger charge is -2.33. The lowest BCUT2D eigenvalue weighted by molar-refractivity contribution is -0.0970. The number of furan rings is 1. The first-order valence-corrected chi connectivity index (χ1v) is 8.79. The number of carbonyl (C=O) groups excluding carboxylic acids is 1. The smallest absolute Gasteiger partial charge is 0.431 e. The van der Waals surface area contributed by atoms with E-state index in [2.05, 4.69) is 0 Å². The van der Waals surface area contributed by atoms with Gasteiger partial charge in [0.15, 0.2) is 0 Å². The molecule has 2 heterocycles. The quantitative estimate of drug-likeness (QED) is 0.876. The average molecular weight is 386 g/mol. The molecule has 0 bridgehead atoms. The maximum Gasteiger partial charge on any atom is 0.431 e. The second kappa shape index (κ2) is 6.20. The zero-order valence-electron chi connectivity index (χ0n) is 13.3. The van der Waals surface area contributed by atoms with Gasteiger partial charge in [0.1, 0.15) is 17.5 Å². The number of urea groups is 1. The first-order chi connectivity index (χ1) is 12.1. The van der Waals surface area contributed by atoms with Crippen molar-refractivity contribution in [3.05, 3.63) is 65.8 Å². The summed E-state index contributed by atoms with van der Waals surface area (Å²) in [6, 6.07) is 5.30. The third-order valence-electron chi connectivity index (χ3n) is 3.74. The van der Waals surface area contributed by atoms with E-state index in [4.69, 9.17) is 4.42 Å². The van der Waals surface area contributed by atoms with Crippen LogP contribution in [0.25, 0.3) is 0 Å². The van der Waals surface area contributed by atoms with Gasteiger partial charge >= 0.3 is 12.2 Å². The summed E-state index contributed by atoms with van der Waals surface area (Å²) in [5.41, 5.74) is -0.562. The standard InChI is InChI=1S/C16H13F3N2O4S/c1-10-4-6-11(7-5-10)26(23,24)21-12(13-3-2-8-25-13)9-14(16(17,18)19)20-15(21)22/h2-9,12H,1H3,(H,20,22). The summed E-state index contributed by atoms with van der Waals surface area (Å²) in [6.07, 6.45) is -3.06. The van der Waals surface area contributed by atoms with Crippen molar-refractivity contribution in [2.24, 2.45) is 0 Å². The van der Waals surface area contributed by atoms with Gasteiger partial charge in [-0.05, 0) is 37.3 Å². The lowest BCUT2D eigenvalue weighted by Crippen LogP contribution is -2.50. The number of benzene rings is 1. The number of amides is 2. The van der Waals surface area contributed by atoms with Crippen molar-refractivity contribution in [1.29, 1.82) is 0 Å².